The van der Waals surface area contributed by atoms with Gasteiger partial charge in [0, 0.05) is 92.9 Å². The number of fused-ring (bicyclic) bond motifs is 4. The third kappa shape index (κ3) is 32.4. The van der Waals surface area contributed by atoms with E-state index in [0.717, 1.165) is 56.1 Å². The number of aliphatic hydroxyl groups excluding tert-OH is 3. The lowest BCUT2D eigenvalue weighted by Gasteiger charge is -2.58. The third-order valence-corrected chi connectivity index (χ3v) is 26.4. The van der Waals surface area contributed by atoms with Crippen molar-refractivity contribution >= 4 is 84.3 Å². The molecule has 766 valence electrons. The van der Waals surface area contributed by atoms with Crippen molar-refractivity contribution in [1.29, 1.82) is 0 Å². The highest BCUT2D eigenvalue weighted by Crippen LogP contribution is 2.60. The Kier molecular flexibility index (Phi) is 41.7. The van der Waals surface area contributed by atoms with Gasteiger partial charge in [0.25, 0.3) is 27.8 Å². The van der Waals surface area contributed by atoms with Crippen LogP contribution in [0.5, 0.6) is 11.5 Å². The zero-order chi connectivity index (χ0) is 99.6. The van der Waals surface area contributed by atoms with Crippen molar-refractivity contribution in [3.63, 3.8) is 0 Å². The monoisotopic (exact) mass is 1990 g/mol. The number of carbonyl (C=O) groups excluding carboxylic acids is 5. The first-order valence-corrected chi connectivity index (χ1v) is 49.7. The fraction of sp³-hybridized carbons (Fsp3) is 0.571. The Labute approximate surface area is 817 Å². The van der Waals surface area contributed by atoms with Crippen LogP contribution in [0.3, 0.4) is 0 Å². The van der Waals surface area contributed by atoms with Crippen LogP contribution < -0.4 is 25.0 Å². The Morgan fingerprint density at radius 3 is 1.89 bits per heavy atom. The number of nitrogens with one attached hydrogen (secondary N) is 2. The van der Waals surface area contributed by atoms with Gasteiger partial charge in [0.1, 0.15) is 54.9 Å². The van der Waals surface area contributed by atoms with Crippen LogP contribution in [-0.4, -0.2) is 343 Å². The van der Waals surface area contributed by atoms with Crippen LogP contribution in [0.1, 0.15) is 120 Å². The van der Waals surface area contributed by atoms with Crippen molar-refractivity contribution < 1.29 is 148 Å². The molecule has 5 amide bonds. The number of benzene rings is 4. The first-order valence-electron chi connectivity index (χ1n) is 47.3. The quantitative estimate of drug-likeness (QED) is 0.0103. The summed E-state index contributed by atoms with van der Waals surface area (Å²) in [4.78, 5) is 107. The topological polar surface area (TPSA) is 500 Å². The van der Waals surface area contributed by atoms with Crippen molar-refractivity contribution in [1.82, 2.24) is 34.9 Å². The normalized spacial score (nSPS) is 20.9. The zero-order valence-corrected chi connectivity index (χ0v) is 81.5. The van der Waals surface area contributed by atoms with Crippen LogP contribution >= 0.6 is 11.3 Å². The highest BCUT2D eigenvalue weighted by atomic mass is 32.2. The maximum absolute atomic E-state index is 14.4. The largest absolute Gasteiger partial charge is 0.491 e. The fourth-order valence-corrected chi connectivity index (χ4v) is 20.1. The number of ether oxygens (including phenoxy) is 16. The van der Waals surface area contributed by atoms with E-state index < -0.39 is 113 Å². The molecule has 3 aliphatic heterocycles. The summed E-state index contributed by atoms with van der Waals surface area (Å²) >= 11 is 1.38. The number of methoxy groups -OCH3 is 1. The SMILES string of the molecule is COCCOCCOCCOCCOCCOCCOCCOCCOCCOCCOCCOc1ccc(C[C@@H](C(=O)NCCCCc2ccc(COC(=O)N(CCOC34CC(C)CC(C)(CC(C)(Cn5ncc(-c6ccc(N7CCc8cccc(C(=O)Nc9nc%10ccccc%10s9)c8C7)nc6C(=O)O)c5C)C3)C4)CCS(=O)(=O)O)c(O[C@@H]3O[C@H](C(=O)O)[C@@H](O)[C@H](O)[C@H]3O)c2)N2C(=O)C=CC2=O)cc1. The molecule has 3 fully saturated rings. The molecule has 42 heteroatoms. The average molecular weight is 2000 g/mol. The number of aromatic carboxylic acids is 1. The van der Waals surface area contributed by atoms with Gasteiger partial charge >= 0.3 is 18.0 Å². The van der Waals surface area contributed by atoms with Gasteiger partial charge in [-0.2, -0.15) is 13.5 Å². The number of unbranched alkanes of at least 4 members (excludes halogenated alkanes) is 1. The molecule has 7 aromatic rings. The van der Waals surface area contributed by atoms with Crippen LogP contribution in [-0.2, 0) is 135 Å². The molecule has 6 heterocycles. The molecule has 2 aliphatic carbocycles. The van der Waals surface area contributed by atoms with Gasteiger partial charge in [0.05, 0.1) is 173 Å². The fourth-order valence-electron chi connectivity index (χ4n) is 18.8. The molecule has 0 radical (unpaired) electrons. The molecule has 4 aromatic carbocycles. The van der Waals surface area contributed by atoms with Crippen molar-refractivity contribution in [2.45, 2.75) is 154 Å². The number of hydrogen-bond acceptors (Lipinski definition) is 33. The van der Waals surface area contributed by atoms with Crippen LogP contribution in [0.4, 0.5) is 15.7 Å². The van der Waals surface area contributed by atoms with Crippen molar-refractivity contribution in [2.24, 2.45) is 16.7 Å². The molecule has 140 heavy (non-hydrogen) atoms. The van der Waals surface area contributed by atoms with Crippen molar-refractivity contribution in [2.75, 3.05) is 201 Å². The van der Waals surface area contributed by atoms with E-state index in [4.69, 9.17) is 85.9 Å². The number of pyridine rings is 1. The molecular weight excluding hydrogens is 1860 g/mol. The Morgan fingerprint density at radius 2 is 1.28 bits per heavy atom. The predicted molar refractivity (Wildman–Crippen MR) is 509 cm³/mol. The first kappa shape index (κ1) is 109. The van der Waals surface area contributed by atoms with Crippen LogP contribution in [0, 0.1) is 23.7 Å². The molecule has 12 rings (SSSR count). The number of hydrogen-bond donors (Lipinski definition) is 8. The minimum Gasteiger partial charge on any atom is -0.491 e. The summed E-state index contributed by atoms with van der Waals surface area (Å²) in [6.07, 6.45) is -2.11. The number of amides is 5. The number of aromatic nitrogens is 4. The molecule has 2 saturated carbocycles. The van der Waals surface area contributed by atoms with E-state index in [9.17, 15) is 72.1 Å². The lowest BCUT2D eigenvalue weighted by atomic mass is 9.51. The van der Waals surface area contributed by atoms with E-state index in [-0.39, 0.29) is 73.6 Å². The lowest BCUT2D eigenvalue weighted by molar-refractivity contribution is -0.271. The zero-order valence-electron chi connectivity index (χ0n) is 79.8. The molecule has 5 aliphatic rings. The highest BCUT2D eigenvalue weighted by Gasteiger charge is 2.56. The maximum Gasteiger partial charge on any atom is 0.410 e. The number of aryl methyl sites for hydroxylation is 1. The standard InChI is InChI=1S/C98H131N9O31S2/c1-66-57-96(3)62-97(4,65-106-67(2)75(59-100-106)73-22-23-81(102-84(73)91(115)116)105-28-26-70-12-10-13-74(76(70)60-105)89(113)103-94-101-77-14-6-7-15-80(77)139-94)64-98(58-66,63-96)136-31-29-104(30-54-140(120,121)122)95(119)135-61-71-19-16-68(56-79(71)137-93-87(112)85(110)86(111)88(138-93)92(117)118)11-8-9-27-99-90(114)78(107-82(108)24-25-83(107)109)55-69-17-20-72(21-18-69)134-53-52-133-51-50-132-49-48-131-47-46-130-45-44-129-43-42-128-41-40-127-39-38-126-37-36-125-35-34-124-33-32-123-5/h6-7,10,12-25,56,59,66,78,85-88,93,110-112H,8-9,11,26-55,57-58,60-65H2,1-5H3,(H,99,114)(H,115,116)(H,117,118)(H,101,103,113)(H,120,121,122)/t66?,78-,85-,86-,87+,88-,93+,96?,97?,98?/m0/s1. The maximum atomic E-state index is 14.4. The molecule has 40 nitrogen and oxygen atoms in total. The lowest BCUT2D eigenvalue weighted by Crippen LogP contribution is -2.61. The predicted octanol–water partition coefficient (Wildman–Crippen LogP) is 7.72. The number of imide groups is 1. The van der Waals surface area contributed by atoms with Crippen LogP contribution in [0.15, 0.2) is 115 Å². The smallest absolute Gasteiger partial charge is 0.410 e. The van der Waals surface area contributed by atoms with E-state index >= 15 is 0 Å². The number of nitrogens with zero attached hydrogens (tertiary/aromatic N) is 7. The van der Waals surface area contributed by atoms with Crippen molar-refractivity contribution in [3.05, 3.63) is 160 Å². The van der Waals surface area contributed by atoms with Gasteiger partial charge in [-0.3, -0.25) is 38.6 Å². The summed E-state index contributed by atoms with van der Waals surface area (Å²) in [6, 6.07) is 27.1. The number of carbonyl (C=O) groups is 7. The molecule has 2 bridgehead atoms. The number of aliphatic hydroxyl groups is 3. The van der Waals surface area contributed by atoms with Gasteiger partial charge in [-0.1, -0.05) is 80.6 Å². The highest BCUT2D eigenvalue weighted by molar-refractivity contribution is 7.85. The van der Waals surface area contributed by atoms with E-state index in [2.05, 4.69) is 36.4 Å². The summed E-state index contributed by atoms with van der Waals surface area (Å²) in [5, 5.41) is 64.5. The van der Waals surface area contributed by atoms with Gasteiger partial charge in [0.15, 0.2) is 16.9 Å². The van der Waals surface area contributed by atoms with E-state index in [0.29, 0.717) is 247 Å². The summed E-state index contributed by atoms with van der Waals surface area (Å²) < 4.78 is 128. The van der Waals surface area contributed by atoms with Gasteiger partial charge in [-0.15, -0.1) is 0 Å². The van der Waals surface area contributed by atoms with Gasteiger partial charge < -0.3 is 116 Å². The molecule has 10 atom stereocenters. The van der Waals surface area contributed by atoms with Gasteiger partial charge in [-0.05, 0) is 152 Å². The number of anilines is 2. The summed E-state index contributed by atoms with van der Waals surface area (Å²) in [6.45, 7) is 17.8. The summed E-state index contributed by atoms with van der Waals surface area (Å²) in [5.41, 5.74) is 4.46. The summed E-state index contributed by atoms with van der Waals surface area (Å²) in [7, 11) is -3.03. The molecule has 0 spiro atoms. The number of carboxylic acids is 2. The van der Waals surface area contributed by atoms with Gasteiger partial charge in [0.2, 0.25) is 12.2 Å². The van der Waals surface area contributed by atoms with Gasteiger partial charge in [-0.25, -0.2) is 24.4 Å². The number of rotatable bonds is 62. The molecule has 8 N–H and O–H groups in total. The van der Waals surface area contributed by atoms with E-state index in [1.54, 1.807) is 61.8 Å². The second-order valence-corrected chi connectivity index (χ2v) is 38.6. The Morgan fingerprint density at radius 1 is 0.664 bits per heavy atom. The molecule has 4 unspecified atom stereocenters. The Hall–Kier alpha value is -10.2. The average Bonchev–Trinajstić information content (AvgIpc) is 0.913. The van der Waals surface area contributed by atoms with Crippen LogP contribution in [0.2, 0.25) is 0 Å². The Balaban J connectivity index is 0.580. The molecule has 1 saturated heterocycles. The number of aliphatic carboxylic acids is 1. The number of para-hydroxylation sites is 1. The van der Waals surface area contributed by atoms with E-state index in [1.807, 2.05) is 52.9 Å². The third-order valence-electron chi connectivity index (χ3n) is 24.7. The Bertz CT molecular complexity index is 5310. The minimum absolute atomic E-state index is 0.0241. The minimum atomic E-state index is -4.65. The first-order chi connectivity index (χ1) is 67.5. The number of thiazole rings is 1. The second kappa shape index (κ2) is 53.8. The van der Waals surface area contributed by atoms with E-state index in [1.165, 1.54) is 23.5 Å². The second-order valence-electron chi connectivity index (χ2n) is 36.0. The van der Waals surface area contributed by atoms with Crippen molar-refractivity contribution in [3.8, 4) is 22.6 Å². The van der Waals surface area contributed by atoms with Crippen LogP contribution in [0.25, 0.3) is 21.3 Å². The molecular formula is C98H131N9O31S2. The molecule has 3 aromatic heterocycles. The number of carboxylic acid groups (broad SMARTS) is 2. The summed E-state index contributed by atoms with van der Waals surface area (Å²) in [5.74, 6) is -4.93.